The third-order valence-corrected chi connectivity index (χ3v) is 5.06. The molecule has 6 heteroatoms. The number of amides is 2. The van der Waals surface area contributed by atoms with Crippen LogP contribution >= 0.6 is 11.3 Å². The van der Waals surface area contributed by atoms with Gasteiger partial charge in [-0.2, -0.15) is 0 Å². The van der Waals surface area contributed by atoms with Crippen LogP contribution in [-0.4, -0.2) is 17.9 Å². The molecule has 0 spiro atoms. The van der Waals surface area contributed by atoms with Gasteiger partial charge in [0.1, 0.15) is 11.9 Å². The Hall–Kier alpha value is -2.99. The third kappa shape index (κ3) is 5.24. The summed E-state index contributed by atoms with van der Waals surface area (Å²) in [5.41, 5.74) is 0.908. The number of halogens is 1. The van der Waals surface area contributed by atoms with Gasteiger partial charge >= 0.3 is 0 Å². The Morgan fingerprint density at radius 1 is 1.15 bits per heavy atom. The maximum absolute atomic E-state index is 13.2. The number of hydrogen-bond donors (Lipinski definition) is 2. The van der Waals surface area contributed by atoms with E-state index in [-0.39, 0.29) is 17.6 Å². The smallest absolute Gasteiger partial charge is 0.244 e. The molecule has 0 aliphatic carbocycles. The second-order valence-electron chi connectivity index (χ2n) is 6.09. The van der Waals surface area contributed by atoms with Crippen LogP contribution in [0, 0.1) is 5.82 Å². The lowest BCUT2D eigenvalue weighted by atomic mass is 10.2. The van der Waals surface area contributed by atoms with Crippen molar-refractivity contribution in [1.29, 1.82) is 0 Å². The molecule has 2 amide bonds. The highest BCUT2D eigenvalue weighted by Crippen LogP contribution is 2.26. The molecule has 2 N–H and O–H groups in total. The minimum Gasteiger partial charge on any atom is -0.349 e. The van der Waals surface area contributed by atoms with Crippen molar-refractivity contribution in [2.45, 2.75) is 19.5 Å². The predicted molar refractivity (Wildman–Crippen MR) is 107 cm³/mol. The highest BCUT2D eigenvalue weighted by Gasteiger charge is 2.14. The van der Waals surface area contributed by atoms with Gasteiger partial charge in [-0.15, -0.1) is 11.3 Å². The van der Waals surface area contributed by atoms with E-state index in [1.807, 2.05) is 36.4 Å². The van der Waals surface area contributed by atoms with Gasteiger partial charge in [-0.1, -0.05) is 30.3 Å². The SMILES string of the molecule is CC(NC(=O)/C=C/c1ccccc1)C(=O)NCc1cc2cc(F)ccc2s1. The predicted octanol–water partition coefficient (Wildman–Crippen LogP) is 3.87. The van der Waals surface area contributed by atoms with Gasteiger partial charge < -0.3 is 10.6 Å². The zero-order chi connectivity index (χ0) is 19.2. The molecule has 138 valence electrons. The molecular weight excluding hydrogens is 363 g/mol. The Morgan fingerprint density at radius 2 is 1.93 bits per heavy atom. The molecule has 27 heavy (non-hydrogen) atoms. The van der Waals surface area contributed by atoms with Crippen molar-refractivity contribution in [3.8, 4) is 0 Å². The maximum Gasteiger partial charge on any atom is 0.244 e. The Balaban J connectivity index is 1.50. The second kappa shape index (κ2) is 8.60. The molecule has 0 aliphatic heterocycles. The van der Waals surface area contributed by atoms with Crippen LogP contribution in [-0.2, 0) is 16.1 Å². The molecule has 0 radical (unpaired) electrons. The molecule has 0 saturated carbocycles. The van der Waals surface area contributed by atoms with Crippen LogP contribution in [0.15, 0.2) is 60.7 Å². The van der Waals surface area contributed by atoms with Crippen molar-refractivity contribution in [3.63, 3.8) is 0 Å². The first kappa shape index (κ1) is 18.8. The number of carbonyl (C=O) groups excluding carboxylic acids is 2. The first-order valence-electron chi connectivity index (χ1n) is 8.50. The average molecular weight is 382 g/mol. The molecule has 0 bridgehead atoms. The molecule has 3 rings (SSSR count). The molecule has 1 unspecified atom stereocenters. The van der Waals surface area contributed by atoms with Crippen molar-refractivity contribution in [3.05, 3.63) is 76.9 Å². The molecule has 0 fully saturated rings. The van der Waals surface area contributed by atoms with E-state index in [1.54, 1.807) is 19.1 Å². The number of hydrogen-bond acceptors (Lipinski definition) is 3. The van der Waals surface area contributed by atoms with Crippen LogP contribution in [0.4, 0.5) is 4.39 Å². The standard InChI is InChI=1S/C21H19FN2O2S/c1-14(24-20(25)10-7-15-5-3-2-4-6-15)21(26)23-13-18-12-16-11-17(22)8-9-19(16)27-18/h2-12,14H,13H2,1H3,(H,23,26)(H,24,25)/b10-7+. The first-order valence-corrected chi connectivity index (χ1v) is 9.32. The first-order chi connectivity index (χ1) is 13.0. The summed E-state index contributed by atoms with van der Waals surface area (Å²) in [6.07, 6.45) is 3.09. The number of rotatable bonds is 6. The molecule has 2 aromatic carbocycles. The van der Waals surface area contributed by atoms with Crippen LogP contribution in [0.1, 0.15) is 17.4 Å². The fourth-order valence-electron chi connectivity index (χ4n) is 2.55. The largest absolute Gasteiger partial charge is 0.349 e. The van der Waals surface area contributed by atoms with Crippen LogP contribution in [0.25, 0.3) is 16.2 Å². The van der Waals surface area contributed by atoms with Gasteiger partial charge in [0.05, 0.1) is 6.54 Å². The van der Waals surface area contributed by atoms with Gasteiger partial charge in [-0.3, -0.25) is 9.59 Å². The number of thiophene rings is 1. The fraction of sp³-hybridized carbons (Fsp3) is 0.143. The monoisotopic (exact) mass is 382 g/mol. The van der Waals surface area contributed by atoms with Crippen LogP contribution in [0.5, 0.6) is 0 Å². The zero-order valence-corrected chi connectivity index (χ0v) is 15.6. The highest BCUT2D eigenvalue weighted by molar-refractivity contribution is 7.19. The number of benzene rings is 2. The summed E-state index contributed by atoms with van der Waals surface area (Å²) in [5, 5.41) is 6.24. The van der Waals surface area contributed by atoms with E-state index in [1.165, 1.54) is 29.5 Å². The van der Waals surface area contributed by atoms with Gasteiger partial charge in [-0.25, -0.2) is 4.39 Å². The van der Waals surface area contributed by atoms with E-state index in [2.05, 4.69) is 10.6 Å². The van der Waals surface area contributed by atoms with Crippen molar-refractivity contribution in [1.82, 2.24) is 10.6 Å². The quantitative estimate of drug-likeness (QED) is 0.636. The van der Waals surface area contributed by atoms with Crippen molar-refractivity contribution in [2.24, 2.45) is 0 Å². The Labute approximate surface area is 160 Å². The van der Waals surface area contributed by atoms with Crippen molar-refractivity contribution in [2.75, 3.05) is 0 Å². The van der Waals surface area contributed by atoms with Gasteiger partial charge in [0.2, 0.25) is 11.8 Å². The molecular formula is C21H19FN2O2S. The summed E-state index contributed by atoms with van der Waals surface area (Å²) in [6, 6.07) is 15.2. The van der Waals surface area contributed by atoms with E-state index in [0.717, 1.165) is 20.5 Å². The van der Waals surface area contributed by atoms with Gasteiger partial charge in [0.25, 0.3) is 0 Å². The van der Waals surface area contributed by atoms with E-state index >= 15 is 0 Å². The normalized spacial score (nSPS) is 12.2. The van der Waals surface area contributed by atoms with Gasteiger partial charge in [0, 0.05) is 15.7 Å². The number of nitrogens with one attached hydrogen (secondary N) is 2. The Morgan fingerprint density at radius 3 is 2.70 bits per heavy atom. The lowest BCUT2D eigenvalue weighted by molar-refractivity contribution is -0.126. The minimum absolute atomic E-state index is 0.278. The maximum atomic E-state index is 13.2. The van der Waals surface area contributed by atoms with Crippen LogP contribution in [0.2, 0.25) is 0 Å². The summed E-state index contributed by atoms with van der Waals surface area (Å²) in [7, 11) is 0. The summed E-state index contributed by atoms with van der Waals surface area (Å²) < 4.78 is 14.2. The summed E-state index contributed by atoms with van der Waals surface area (Å²) in [5.74, 6) is -0.894. The minimum atomic E-state index is -0.662. The Kier molecular flexibility index (Phi) is 5.98. The lowest BCUT2D eigenvalue weighted by Gasteiger charge is -2.12. The summed E-state index contributed by atoms with van der Waals surface area (Å²) in [6.45, 7) is 1.96. The highest BCUT2D eigenvalue weighted by atomic mass is 32.1. The van der Waals surface area contributed by atoms with E-state index in [0.29, 0.717) is 6.54 Å². The third-order valence-electron chi connectivity index (χ3n) is 3.95. The average Bonchev–Trinajstić information content (AvgIpc) is 3.07. The molecule has 1 aromatic heterocycles. The topological polar surface area (TPSA) is 58.2 Å². The van der Waals surface area contributed by atoms with Gasteiger partial charge in [-0.05, 0) is 48.2 Å². The van der Waals surface area contributed by atoms with Crippen molar-refractivity contribution >= 4 is 39.3 Å². The second-order valence-corrected chi connectivity index (χ2v) is 7.26. The molecule has 0 aliphatic rings. The lowest BCUT2D eigenvalue weighted by Crippen LogP contribution is -2.43. The zero-order valence-electron chi connectivity index (χ0n) is 14.7. The van der Waals surface area contributed by atoms with E-state index in [9.17, 15) is 14.0 Å². The molecule has 3 aromatic rings. The van der Waals surface area contributed by atoms with Crippen molar-refractivity contribution < 1.29 is 14.0 Å². The fourth-order valence-corrected chi connectivity index (χ4v) is 3.53. The molecule has 1 heterocycles. The number of carbonyl (C=O) groups is 2. The van der Waals surface area contributed by atoms with Gasteiger partial charge in [0.15, 0.2) is 0 Å². The molecule has 0 saturated heterocycles. The van der Waals surface area contributed by atoms with Crippen LogP contribution < -0.4 is 10.6 Å². The Bertz CT molecular complexity index is 982. The van der Waals surface area contributed by atoms with E-state index in [4.69, 9.17) is 0 Å². The molecule has 1 atom stereocenters. The summed E-state index contributed by atoms with van der Waals surface area (Å²) in [4.78, 5) is 25.1. The molecule has 4 nitrogen and oxygen atoms in total. The van der Waals surface area contributed by atoms with Crippen LogP contribution in [0.3, 0.4) is 0 Å². The summed E-state index contributed by atoms with van der Waals surface area (Å²) >= 11 is 1.50. The number of fused-ring (bicyclic) bond motifs is 1. The van der Waals surface area contributed by atoms with E-state index < -0.39 is 6.04 Å².